The fourth-order valence-electron chi connectivity index (χ4n) is 3.23. The van der Waals surface area contributed by atoms with Gasteiger partial charge in [0.2, 0.25) is 0 Å². The Kier molecular flexibility index (Phi) is 4.45. The Morgan fingerprint density at radius 2 is 2.00 bits per heavy atom. The maximum Gasteiger partial charge on any atom is 0.269 e. The van der Waals surface area contributed by atoms with Crippen molar-refractivity contribution in [2.24, 2.45) is 0 Å². The molecule has 26 heavy (non-hydrogen) atoms. The van der Waals surface area contributed by atoms with Gasteiger partial charge in [-0.1, -0.05) is 18.2 Å². The molecular formula is C17H18BrN5O2S. The molecule has 1 aliphatic rings. The van der Waals surface area contributed by atoms with Crippen LogP contribution >= 0.6 is 15.9 Å². The Balaban J connectivity index is 1.88. The van der Waals surface area contributed by atoms with Crippen molar-refractivity contribution in [3.05, 3.63) is 47.3 Å². The predicted octanol–water partition coefficient (Wildman–Crippen LogP) is 2.23. The standard InChI is InChI=1S/C17H18BrN5O2S/c1-12-9-22(8-7-19-12)16-15-14(18)10-23(17(15)21-11-20-16)26(24,25)13-5-3-2-4-6-13/h2-6,10-12,19H,7-9H2,1H3/t12-/m0/s1. The Morgan fingerprint density at radius 1 is 1.23 bits per heavy atom. The second-order valence-electron chi connectivity index (χ2n) is 6.29. The van der Waals surface area contributed by atoms with Gasteiger partial charge in [-0.2, -0.15) is 0 Å². The summed E-state index contributed by atoms with van der Waals surface area (Å²) in [5.74, 6) is 0.747. The first-order chi connectivity index (χ1) is 12.5. The third kappa shape index (κ3) is 2.89. The molecule has 9 heteroatoms. The Hall–Kier alpha value is -1.97. The number of halogens is 1. The summed E-state index contributed by atoms with van der Waals surface area (Å²) in [5, 5.41) is 4.11. The monoisotopic (exact) mass is 435 g/mol. The Labute approximate surface area is 160 Å². The molecule has 2 aromatic heterocycles. The van der Waals surface area contributed by atoms with Crippen molar-refractivity contribution in [1.82, 2.24) is 19.3 Å². The molecule has 1 atom stereocenters. The predicted molar refractivity (Wildman–Crippen MR) is 104 cm³/mol. The number of anilines is 1. The van der Waals surface area contributed by atoms with E-state index in [1.807, 2.05) is 0 Å². The average molecular weight is 436 g/mol. The van der Waals surface area contributed by atoms with E-state index in [1.54, 1.807) is 36.5 Å². The Morgan fingerprint density at radius 3 is 2.73 bits per heavy atom. The zero-order valence-electron chi connectivity index (χ0n) is 14.1. The summed E-state index contributed by atoms with van der Waals surface area (Å²) in [6.45, 7) is 4.58. The molecule has 0 unspecified atom stereocenters. The fourth-order valence-corrected chi connectivity index (χ4v) is 5.26. The van der Waals surface area contributed by atoms with Gasteiger partial charge in [-0.15, -0.1) is 0 Å². The summed E-state index contributed by atoms with van der Waals surface area (Å²) < 4.78 is 28.0. The third-order valence-electron chi connectivity index (χ3n) is 4.45. The lowest BCUT2D eigenvalue weighted by molar-refractivity contribution is 0.483. The zero-order valence-corrected chi connectivity index (χ0v) is 16.5. The molecule has 0 spiro atoms. The van der Waals surface area contributed by atoms with E-state index in [4.69, 9.17) is 0 Å². The van der Waals surface area contributed by atoms with Crippen molar-refractivity contribution in [2.75, 3.05) is 24.5 Å². The SMILES string of the molecule is C[C@H]1CN(c2ncnc3c2c(Br)cn3S(=O)(=O)c2ccccc2)CCN1. The number of piperazine rings is 1. The van der Waals surface area contributed by atoms with Gasteiger partial charge in [0.15, 0.2) is 5.65 Å². The van der Waals surface area contributed by atoms with Crippen molar-refractivity contribution in [1.29, 1.82) is 0 Å². The van der Waals surface area contributed by atoms with Gasteiger partial charge in [0.05, 0.1) is 10.3 Å². The van der Waals surface area contributed by atoms with E-state index in [0.717, 1.165) is 25.5 Å². The van der Waals surface area contributed by atoms with Crippen molar-refractivity contribution < 1.29 is 8.42 Å². The molecule has 1 fully saturated rings. The topological polar surface area (TPSA) is 80.1 Å². The lowest BCUT2D eigenvalue weighted by Gasteiger charge is -2.33. The van der Waals surface area contributed by atoms with E-state index < -0.39 is 10.0 Å². The molecule has 0 bridgehead atoms. The largest absolute Gasteiger partial charge is 0.353 e. The molecule has 1 N–H and O–H groups in total. The van der Waals surface area contributed by atoms with Crippen LogP contribution in [0.25, 0.3) is 11.0 Å². The van der Waals surface area contributed by atoms with Crippen LogP contribution in [0.15, 0.2) is 52.2 Å². The number of hydrogen-bond acceptors (Lipinski definition) is 6. The van der Waals surface area contributed by atoms with Crippen LogP contribution in [-0.4, -0.2) is 48.0 Å². The van der Waals surface area contributed by atoms with E-state index >= 15 is 0 Å². The second kappa shape index (κ2) is 6.64. The molecule has 1 saturated heterocycles. The fraction of sp³-hybridized carbons (Fsp3) is 0.294. The van der Waals surface area contributed by atoms with Crippen LogP contribution in [0, 0.1) is 0 Å². The molecule has 3 aromatic rings. The van der Waals surface area contributed by atoms with Crippen molar-refractivity contribution >= 4 is 42.8 Å². The molecule has 0 saturated carbocycles. The summed E-state index contributed by atoms with van der Waals surface area (Å²) in [4.78, 5) is 11.1. The number of fused-ring (bicyclic) bond motifs is 1. The van der Waals surface area contributed by atoms with Crippen LogP contribution in [0.5, 0.6) is 0 Å². The molecule has 7 nitrogen and oxygen atoms in total. The summed E-state index contributed by atoms with van der Waals surface area (Å²) in [6.07, 6.45) is 2.98. The van der Waals surface area contributed by atoms with Crippen LogP contribution in [-0.2, 0) is 10.0 Å². The van der Waals surface area contributed by atoms with Gasteiger partial charge >= 0.3 is 0 Å². The van der Waals surface area contributed by atoms with Crippen LogP contribution in [0.2, 0.25) is 0 Å². The molecular weight excluding hydrogens is 418 g/mol. The highest BCUT2D eigenvalue weighted by Crippen LogP contribution is 2.34. The molecule has 3 heterocycles. The van der Waals surface area contributed by atoms with Crippen LogP contribution < -0.4 is 10.2 Å². The zero-order chi connectivity index (χ0) is 18.3. The minimum absolute atomic E-state index is 0.223. The summed E-state index contributed by atoms with van der Waals surface area (Å²) in [7, 11) is -3.74. The van der Waals surface area contributed by atoms with Gasteiger partial charge < -0.3 is 10.2 Å². The highest BCUT2D eigenvalue weighted by molar-refractivity contribution is 9.10. The number of rotatable bonds is 3. The molecule has 4 rings (SSSR count). The highest BCUT2D eigenvalue weighted by Gasteiger charge is 2.26. The van der Waals surface area contributed by atoms with Gasteiger partial charge in [-0.05, 0) is 35.0 Å². The van der Waals surface area contributed by atoms with Gasteiger partial charge in [0.25, 0.3) is 10.0 Å². The highest BCUT2D eigenvalue weighted by atomic mass is 79.9. The molecule has 0 aliphatic carbocycles. The molecule has 0 amide bonds. The first-order valence-electron chi connectivity index (χ1n) is 8.29. The van der Waals surface area contributed by atoms with Crippen LogP contribution in [0.1, 0.15) is 6.92 Å². The van der Waals surface area contributed by atoms with Gasteiger partial charge in [0.1, 0.15) is 12.1 Å². The van der Waals surface area contributed by atoms with Crippen LogP contribution in [0.3, 0.4) is 0 Å². The normalized spacial score (nSPS) is 18.4. The number of nitrogens with zero attached hydrogens (tertiary/aromatic N) is 4. The minimum atomic E-state index is -3.74. The maximum absolute atomic E-state index is 13.1. The third-order valence-corrected chi connectivity index (χ3v) is 6.72. The van der Waals surface area contributed by atoms with E-state index in [2.05, 4.69) is 43.0 Å². The minimum Gasteiger partial charge on any atom is -0.353 e. The van der Waals surface area contributed by atoms with Crippen molar-refractivity contribution in [3.8, 4) is 0 Å². The summed E-state index contributed by atoms with van der Waals surface area (Å²) >= 11 is 3.51. The van der Waals surface area contributed by atoms with Crippen molar-refractivity contribution in [3.63, 3.8) is 0 Å². The maximum atomic E-state index is 13.1. The lowest BCUT2D eigenvalue weighted by Crippen LogP contribution is -2.49. The Bertz CT molecular complexity index is 1050. The van der Waals surface area contributed by atoms with Crippen molar-refractivity contribution in [2.45, 2.75) is 17.9 Å². The average Bonchev–Trinajstić information content (AvgIpc) is 3.00. The van der Waals surface area contributed by atoms with E-state index in [9.17, 15) is 8.42 Å². The smallest absolute Gasteiger partial charge is 0.269 e. The van der Waals surface area contributed by atoms with Gasteiger partial charge in [0, 0.05) is 36.3 Å². The quantitative estimate of drug-likeness (QED) is 0.679. The summed E-state index contributed by atoms with van der Waals surface area (Å²) in [6, 6.07) is 8.69. The van der Waals surface area contributed by atoms with E-state index in [-0.39, 0.29) is 4.90 Å². The summed E-state index contributed by atoms with van der Waals surface area (Å²) in [5.41, 5.74) is 0.372. The molecule has 1 aliphatic heterocycles. The number of nitrogens with one attached hydrogen (secondary N) is 1. The molecule has 0 radical (unpaired) electrons. The van der Waals surface area contributed by atoms with Gasteiger partial charge in [-0.3, -0.25) is 0 Å². The first kappa shape index (κ1) is 17.4. The van der Waals surface area contributed by atoms with Gasteiger partial charge in [-0.25, -0.2) is 22.4 Å². The number of aromatic nitrogens is 3. The van der Waals surface area contributed by atoms with E-state index in [1.165, 1.54) is 10.3 Å². The molecule has 1 aromatic carbocycles. The van der Waals surface area contributed by atoms with Crippen LogP contribution in [0.4, 0.5) is 5.82 Å². The number of benzene rings is 1. The molecule has 136 valence electrons. The second-order valence-corrected chi connectivity index (χ2v) is 8.96. The number of hydrogen-bond donors (Lipinski definition) is 1. The van der Waals surface area contributed by atoms with E-state index in [0.29, 0.717) is 21.5 Å². The lowest BCUT2D eigenvalue weighted by atomic mass is 10.2. The first-order valence-corrected chi connectivity index (χ1v) is 10.5.